The molecule has 2 heterocycles. The van der Waals surface area contributed by atoms with E-state index in [1.165, 1.54) is 16.8 Å². The molecule has 1 aliphatic rings. The van der Waals surface area contributed by atoms with Crippen LogP contribution in [0.4, 0.5) is 11.4 Å². The molecule has 3 rings (SSSR count). The summed E-state index contributed by atoms with van der Waals surface area (Å²) in [6.45, 7) is 12.5. The number of nitrogens with one attached hydrogen (secondary N) is 1. The Labute approximate surface area is 155 Å². The molecule has 4 heteroatoms. The van der Waals surface area contributed by atoms with Gasteiger partial charge in [0.15, 0.2) is 0 Å². The molecule has 1 aliphatic heterocycles. The van der Waals surface area contributed by atoms with Crippen LogP contribution < -0.4 is 10.2 Å². The van der Waals surface area contributed by atoms with Gasteiger partial charge in [-0.1, -0.05) is 20.8 Å². The number of carbonyl (C=O) groups excluding carboxylic acids is 1. The Morgan fingerprint density at radius 1 is 1.16 bits per heavy atom. The molecule has 1 N–H and O–H groups in total. The molecule has 25 heavy (non-hydrogen) atoms. The Morgan fingerprint density at radius 2 is 1.80 bits per heavy atom. The van der Waals surface area contributed by atoms with E-state index in [4.69, 9.17) is 0 Å². The summed E-state index contributed by atoms with van der Waals surface area (Å²) < 4.78 is 0. The zero-order valence-electron chi connectivity index (χ0n) is 15.9. The van der Waals surface area contributed by atoms with E-state index in [0.29, 0.717) is 6.42 Å². The minimum atomic E-state index is -0.00211. The van der Waals surface area contributed by atoms with Gasteiger partial charge >= 0.3 is 0 Å². The van der Waals surface area contributed by atoms with Crippen molar-refractivity contribution in [2.45, 2.75) is 54.0 Å². The lowest BCUT2D eigenvalue weighted by atomic mass is 9.92. The van der Waals surface area contributed by atoms with Gasteiger partial charge in [0.25, 0.3) is 0 Å². The van der Waals surface area contributed by atoms with E-state index in [0.717, 1.165) is 36.3 Å². The third-order valence-corrected chi connectivity index (χ3v) is 5.52. The van der Waals surface area contributed by atoms with E-state index in [-0.39, 0.29) is 11.3 Å². The molecule has 134 valence electrons. The summed E-state index contributed by atoms with van der Waals surface area (Å²) in [4.78, 5) is 14.7. The maximum absolute atomic E-state index is 12.3. The van der Waals surface area contributed by atoms with Gasteiger partial charge in [0.1, 0.15) is 0 Å². The average Bonchev–Trinajstić information content (AvgIpc) is 2.96. The number of carbonyl (C=O) groups is 1. The Morgan fingerprint density at radius 3 is 2.44 bits per heavy atom. The van der Waals surface area contributed by atoms with Gasteiger partial charge < -0.3 is 10.2 Å². The number of nitrogens with zero attached hydrogens (tertiary/aromatic N) is 1. The van der Waals surface area contributed by atoms with Crippen LogP contribution in [0.25, 0.3) is 0 Å². The fourth-order valence-corrected chi connectivity index (χ4v) is 4.35. The van der Waals surface area contributed by atoms with E-state index in [2.05, 4.69) is 67.7 Å². The van der Waals surface area contributed by atoms with Gasteiger partial charge in [0.2, 0.25) is 5.91 Å². The Bertz CT molecular complexity index is 762. The smallest absolute Gasteiger partial charge is 0.224 e. The zero-order chi connectivity index (χ0) is 18.2. The number of benzene rings is 1. The largest absolute Gasteiger partial charge is 0.367 e. The fraction of sp³-hybridized carbons (Fsp3) is 0.476. The Kier molecular flexibility index (Phi) is 4.92. The van der Waals surface area contributed by atoms with Crippen molar-refractivity contribution in [2.75, 3.05) is 16.8 Å². The van der Waals surface area contributed by atoms with Crippen LogP contribution in [0.2, 0.25) is 0 Å². The monoisotopic (exact) mass is 356 g/mol. The highest BCUT2D eigenvalue weighted by molar-refractivity contribution is 7.08. The molecule has 0 saturated carbocycles. The first-order valence-electron chi connectivity index (χ1n) is 8.93. The topological polar surface area (TPSA) is 32.3 Å². The number of hydrogen-bond donors (Lipinski definition) is 1. The molecule has 0 aliphatic carbocycles. The van der Waals surface area contributed by atoms with Crippen LogP contribution >= 0.6 is 11.3 Å². The van der Waals surface area contributed by atoms with Crippen molar-refractivity contribution in [1.82, 2.24) is 0 Å². The van der Waals surface area contributed by atoms with Crippen LogP contribution in [0.15, 0.2) is 22.9 Å². The van der Waals surface area contributed by atoms with Crippen LogP contribution in [0.3, 0.4) is 0 Å². The molecule has 3 nitrogen and oxygen atoms in total. The van der Waals surface area contributed by atoms with Crippen molar-refractivity contribution >= 4 is 28.6 Å². The van der Waals surface area contributed by atoms with Gasteiger partial charge in [-0.2, -0.15) is 11.3 Å². The van der Waals surface area contributed by atoms with E-state index >= 15 is 0 Å². The van der Waals surface area contributed by atoms with Gasteiger partial charge in [-0.3, -0.25) is 4.79 Å². The molecule has 0 bridgehead atoms. The quantitative estimate of drug-likeness (QED) is 0.809. The summed E-state index contributed by atoms with van der Waals surface area (Å²) in [5.41, 5.74) is 7.43. The minimum absolute atomic E-state index is 0.00211. The van der Waals surface area contributed by atoms with Gasteiger partial charge in [-0.15, -0.1) is 0 Å². The highest BCUT2D eigenvalue weighted by atomic mass is 32.1. The lowest BCUT2D eigenvalue weighted by Crippen LogP contribution is -2.29. The molecule has 0 atom stereocenters. The summed E-state index contributed by atoms with van der Waals surface area (Å²) in [5, 5.41) is 7.66. The molecule has 1 aromatic carbocycles. The predicted octanol–water partition coefficient (Wildman–Crippen LogP) is 5.30. The molecule has 0 radical (unpaired) electrons. The fourth-order valence-electron chi connectivity index (χ4n) is 3.45. The highest BCUT2D eigenvalue weighted by Gasteiger charge is 2.20. The number of thiophene rings is 1. The van der Waals surface area contributed by atoms with Crippen LogP contribution in [0.5, 0.6) is 0 Å². The summed E-state index contributed by atoms with van der Waals surface area (Å²) in [7, 11) is 0. The van der Waals surface area contributed by atoms with Crippen molar-refractivity contribution < 1.29 is 4.79 Å². The molecule has 0 spiro atoms. The Balaban J connectivity index is 1.78. The molecule has 1 aromatic heterocycles. The first-order valence-corrected chi connectivity index (χ1v) is 9.87. The van der Waals surface area contributed by atoms with Gasteiger partial charge in [-0.05, 0) is 70.8 Å². The average molecular weight is 357 g/mol. The molecular weight excluding hydrogens is 328 g/mol. The van der Waals surface area contributed by atoms with Crippen LogP contribution in [-0.2, 0) is 17.8 Å². The number of fused-ring (bicyclic) bond motifs is 1. The summed E-state index contributed by atoms with van der Waals surface area (Å²) in [6.07, 6.45) is 1.64. The van der Waals surface area contributed by atoms with Crippen molar-refractivity contribution in [3.8, 4) is 0 Å². The van der Waals surface area contributed by atoms with Crippen molar-refractivity contribution in [1.29, 1.82) is 0 Å². The lowest BCUT2D eigenvalue weighted by molar-refractivity contribution is -0.117. The van der Waals surface area contributed by atoms with Gasteiger partial charge in [0, 0.05) is 30.9 Å². The van der Waals surface area contributed by atoms with Gasteiger partial charge in [-0.25, -0.2) is 0 Å². The summed E-state index contributed by atoms with van der Waals surface area (Å²) in [5.74, 6) is 0.0901. The maximum atomic E-state index is 12.3. The molecule has 2 aromatic rings. The van der Waals surface area contributed by atoms with Gasteiger partial charge in [0.05, 0.1) is 0 Å². The van der Waals surface area contributed by atoms with E-state index in [1.807, 2.05) is 0 Å². The number of aryl methyl sites for hydroxylation is 2. The normalized spacial score (nSPS) is 14.4. The van der Waals surface area contributed by atoms with Crippen LogP contribution in [-0.4, -0.2) is 12.5 Å². The second-order valence-electron chi connectivity index (χ2n) is 8.33. The number of anilines is 2. The van der Waals surface area contributed by atoms with Crippen molar-refractivity contribution in [3.05, 3.63) is 45.1 Å². The van der Waals surface area contributed by atoms with E-state index in [1.54, 1.807) is 11.3 Å². The second kappa shape index (κ2) is 6.83. The molecular formula is C21H28N2OS. The van der Waals surface area contributed by atoms with E-state index in [9.17, 15) is 4.79 Å². The van der Waals surface area contributed by atoms with Crippen LogP contribution in [0, 0.1) is 19.3 Å². The first-order chi connectivity index (χ1) is 11.7. The van der Waals surface area contributed by atoms with Crippen molar-refractivity contribution in [2.24, 2.45) is 5.41 Å². The van der Waals surface area contributed by atoms with Crippen molar-refractivity contribution in [3.63, 3.8) is 0 Å². The minimum Gasteiger partial charge on any atom is -0.367 e. The number of rotatable bonds is 3. The van der Waals surface area contributed by atoms with Crippen LogP contribution in [0.1, 0.15) is 49.4 Å². The third kappa shape index (κ3) is 4.24. The standard InChI is InChI=1S/C21H28N2OS/c1-14-8-18(23-7-6-16-12-25-13-17(16)11-23)9-15(2)20(14)22-19(24)10-21(3,4)5/h8-9,12-13H,6-7,10-11H2,1-5H3,(H,22,24). The summed E-state index contributed by atoms with van der Waals surface area (Å²) >= 11 is 1.80. The SMILES string of the molecule is Cc1cc(N2CCc3cscc3C2)cc(C)c1NC(=O)CC(C)(C)C. The number of amides is 1. The Hall–Kier alpha value is -1.81. The molecule has 0 saturated heterocycles. The second-order valence-corrected chi connectivity index (χ2v) is 9.08. The molecule has 0 unspecified atom stereocenters. The summed E-state index contributed by atoms with van der Waals surface area (Å²) in [6, 6.07) is 4.41. The third-order valence-electron chi connectivity index (χ3n) is 4.68. The maximum Gasteiger partial charge on any atom is 0.224 e. The number of hydrogen-bond acceptors (Lipinski definition) is 3. The first kappa shape index (κ1) is 18.0. The highest BCUT2D eigenvalue weighted by Crippen LogP contribution is 2.32. The predicted molar refractivity (Wildman–Crippen MR) is 108 cm³/mol. The molecule has 1 amide bonds. The molecule has 0 fully saturated rings. The lowest BCUT2D eigenvalue weighted by Gasteiger charge is -2.30. The van der Waals surface area contributed by atoms with E-state index < -0.39 is 0 Å². The zero-order valence-corrected chi connectivity index (χ0v) is 16.7.